The molecule has 0 heterocycles. The van der Waals surface area contributed by atoms with Gasteiger partial charge in [-0.1, -0.05) is 16.7 Å². The lowest BCUT2D eigenvalue weighted by molar-refractivity contribution is 0.105. The van der Waals surface area contributed by atoms with Crippen LogP contribution >= 0.6 is 23.5 Å². The highest BCUT2D eigenvalue weighted by atomic mass is 32.2. The smallest absolute Gasteiger partial charge is 0.210 e. The van der Waals surface area contributed by atoms with Crippen LogP contribution in [-0.4, -0.2) is 45.9 Å². The summed E-state index contributed by atoms with van der Waals surface area (Å²) in [6.45, 7) is 0. The first-order valence-electron chi connectivity index (χ1n) is 9.83. The molecule has 0 saturated heterocycles. The fourth-order valence-electron chi connectivity index (χ4n) is 3.00. The number of carbonyl (C=O) groups is 2. The number of unbranched alkanes of at least 4 members (excludes halogenated alkanes) is 2. The molecule has 0 aliphatic heterocycles. The van der Waals surface area contributed by atoms with Crippen LogP contribution in [0.5, 0.6) is 0 Å². The molecule has 0 radical (unpaired) electrons. The Hall–Kier alpha value is -2.58. The maximum Gasteiger partial charge on any atom is 0.210 e. The maximum absolute atomic E-state index is 12.5. The third-order valence-electron chi connectivity index (χ3n) is 4.80. The summed E-state index contributed by atoms with van der Waals surface area (Å²) < 4.78 is 0. The summed E-state index contributed by atoms with van der Waals surface area (Å²) in [6.07, 6.45) is 6.49. The van der Waals surface area contributed by atoms with E-state index in [0.717, 1.165) is 9.79 Å². The van der Waals surface area contributed by atoms with Crippen LogP contribution in [0, 0.1) is 0 Å². The van der Waals surface area contributed by atoms with Crippen molar-refractivity contribution in [2.75, 3.05) is 12.5 Å². The highest BCUT2D eigenvalue weighted by Gasteiger charge is 2.16. The molecule has 0 aromatic heterocycles. The van der Waals surface area contributed by atoms with Crippen molar-refractivity contribution in [2.24, 2.45) is 10.3 Å². The van der Waals surface area contributed by atoms with E-state index in [0.29, 0.717) is 43.2 Å². The van der Waals surface area contributed by atoms with Gasteiger partial charge in [-0.25, -0.2) is 0 Å². The molecule has 6 nitrogen and oxygen atoms in total. The number of ketones is 2. The molecule has 2 rings (SSSR count). The van der Waals surface area contributed by atoms with Gasteiger partial charge >= 0.3 is 0 Å². The van der Waals surface area contributed by atoms with Gasteiger partial charge in [0.05, 0.1) is 0 Å². The minimum absolute atomic E-state index is 0.109. The second-order valence-corrected chi connectivity index (χ2v) is 8.53. The number of hydrogen-bond donors (Lipinski definition) is 2. The van der Waals surface area contributed by atoms with E-state index in [1.54, 1.807) is 47.8 Å². The van der Waals surface area contributed by atoms with E-state index in [9.17, 15) is 20.0 Å². The normalized spacial score (nSPS) is 12.1. The Morgan fingerprint density at radius 3 is 1.32 bits per heavy atom. The van der Waals surface area contributed by atoms with Gasteiger partial charge in [0, 0.05) is 20.9 Å². The standard InChI is InChI=1S/C23H26N2O4S2/c1-30-18-12-8-16(9-13-18)22(26)20(24-28)6-4-3-5-7-21(25-29)23(27)17-10-14-19(31-2)15-11-17/h8-15,28-29H,3-7H2,1-2H3. The number of oxime groups is 2. The van der Waals surface area contributed by atoms with E-state index in [4.69, 9.17) is 0 Å². The fourth-order valence-corrected chi connectivity index (χ4v) is 3.81. The number of rotatable bonds is 12. The zero-order valence-corrected chi connectivity index (χ0v) is 19.2. The average Bonchev–Trinajstić information content (AvgIpc) is 2.83. The topological polar surface area (TPSA) is 99.3 Å². The number of benzene rings is 2. The molecule has 2 aromatic carbocycles. The maximum atomic E-state index is 12.5. The second kappa shape index (κ2) is 13.0. The molecule has 2 N–H and O–H groups in total. The molecule has 0 amide bonds. The van der Waals surface area contributed by atoms with Crippen LogP contribution in [0.25, 0.3) is 0 Å². The lowest BCUT2D eigenvalue weighted by atomic mass is 9.99. The summed E-state index contributed by atoms with van der Waals surface area (Å²) in [7, 11) is 0. The predicted molar refractivity (Wildman–Crippen MR) is 127 cm³/mol. The molecule has 164 valence electrons. The molecule has 0 fully saturated rings. The molecular formula is C23H26N2O4S2. The average molecular weight is 459 g/mol. The van der Waals surface area contributed by atoms with Crippen molar-refractivity contribution in [1.82, 2.24) is 0 Å². The predicted octanol–water partition coefficient (Wildman–Crippen LogP) is 5.81. The zero-order valence-electron chi connectivity index (χ0n) is 17.6. The van der Waals surface area contributed by atoms with Crippen LogP contribution in [0.3, 0.4) is 0 Å². The Morgan fingerprint density at radius 2 is 1.03 bits per heavy atom. The van der Waals surface area contributed by atoms with Crippen LogP contribution in [0.15, 0.2) is 68.6 Å². The Bertz CT molecular complexity index is 862. The summed E-state index contributed by atoms with van der Waals surface area (Å²) in [6, 6.07) is 14.3. The molecule has 8 heteroatoms. The molecule has 0 atom stereocenters. The van der Waals surface area contributed by atoms with E-state index >= 15 is 0 Å². The van der Waals surface area contributed by atoms with Crippen molar-refractivity contribution in [3.8, 4) is 0 Å². The van der Waals surface area contributed by atoms with Gasteiger partial charge in [0.25, 0.3) is 0 Å². The third kappa shape index (κ3) is 7.25. The molecular weight excluding hydrogens is 432 g/mol. The van der Waals surface area contributed by atoms with Gasteiger partial charge < -0.3 is 10.4 Å². The van der Waals surface area contributed by atoms with E-state index in [1.807, 2.05) is 36.8 Å². The number of Topliss-reactive ketones (excluding diaryl/α,β-unsaturated/α-hetero) is 2. The van der Waals surface area contributed by atoms with E-state index in [-0.39, 0.29) is 23.0 Å². The Balaban J connectivity index is 1.81. The number of hydrogen-bond acceptors (Lipinski definition) is 8. The lowest BCUT2D eigenvalue weighted by Gasteiger charge is -2.06. The molecule has 0 aliphatic rings. The minimum atomic E-state index is -0.295. The zero-order chi connectivity index (χ0) is 22.6. The van der Waals surface area contributed by atoms with E-state index < -0.39 is 0 Å². The van der Waals surface area contributed by atoms with Crippen molar-refractivity contribution in [1.29, 1.82) is 0 Å². The van der Waals surface area contributed by atoms with Gasteiger partial charge in [-0.3, -0.25) is 9.59 Å². The van der Waals surface area contributed by atoms with Crippen LogP contribution in [0.4, 0.5) is 0 Å². The Morgan fingerprint density at radius 1 is 0.677 bits per heavy atom. The molecule has 0 unspecified atom stereocenters. The summed E-state index contributed by atoms with van der Waals surface area (Å²) in [5.74, 6) is -0.590. The Labute approximate surface area is 190 Å². The molecule has 31 heavy (non-hydrogen) atoms. The van der Waals surface area contributed by atoms with Gasteiger partial charge in [-0.2, -0.15) is 0 Å². The van der Waals surface area contributed by atoms with Gasteiger partial charge in [-0.05, 0) is 86.7 Å². The molecule has 0 saturated carbocycles. The largest absolute Gasteiger partial charge is 0.411 e. The quantitative estimate of drug-likeness (QED) is 0.104. The van der Waals surface area contributed by atoms with Gasteiger partial charge in [0.15, 0.2) is 0 Å². The number of thioether (sulfide) groups is 2. The van der Waals surface area contributed by atoms with Crippen LogP contribution < -0.4 is 0 Å². The first-order chi connectivity index (χ1) is 15.0. The first-order valence-corrected chi connectivity index (χ1v) is 12.3. The molecule has 0 bridgehead atoms. The molecule has 0 spiro atoms. The summed E-state index contributed by atoms with van der Waals surface area (Å²) in [4.78, 5) is 27.1. The van der Waals surface area contributed by atoms with Crippen molar-refractivity contribution in [3.05, 3.63) is 59.7 Å². The highest BCUT2D eigenvalue weighted by molar-refractivity contribution is 7.98. The van der Waals surface area contributed by atoms with Crippen molar-refractivity contribution >= 4 is 46.5 Å². The van der Waals surface area contributed by atoms with Gasteiger partial charge in [-0.15, -0.1) is 23.5 Å². The van der Waals surface area contributed by atoms with E-state index in [2.05, 4.69) is 10.3 Å². The van der Waals surface area contributed by atoms with Gasteiger partial charge in [0.1, 0.15) is 11.4 Å². The molecule has 0 aliphatic carbocycles. The van der Waals surface area contributed by atoms with Crippen LogP contribution in [-0.2, 0) is 0 Å². The van der Waals surface area contributed by atoms with Crippen molar-refractivity contribution in [3.63, 3.8) is 0 Å². The van der Waals surface area contributed by atoms with Crippen LogP contribution in [0.1, 0.15) is 52.8 Å². The summed E-state index contributed by atoms with van der Waals surface area (Å²) >= 11 is 3.17. The third-order valence-corrected chi connectivity index (χ3v) is 6.28. The number of carbonyl (C=O) groups excluding carboxylic acids is 2. The summed E-state index contributed by atoms with van der Waals surface area (Å²) in [5.41, 5.74) is 1.19. The minimum Gasteiger partial charge on any atom is -0.411 e. The second-order valence-electron chi connectivity index (χ2n) is 6.77. The lowest BCUT2D eigenvalue weighted by Crippen LogP contribution is -2.15. The Kier molecular flexibility index (Phi) is 10.3. The van der Waals surface area contributed by atoms with Gasteiger partial charge in [0.2, 0.25) is 11.6 Å². The highest BCUT2D eigenvalue weighted by Crippen LogP contribution is 2.18. The van der Waals surface area contributed by atoms with Crippen LogP contribution in [0.2, 0.25) is 0 Å². The van der Waals surface area contributed by atoms with Crippen molar-refractivity contribution in [2.45, 2.75) is 41.9 Å². The summed E-state index contributed by atoms with van der Waals surface area (Å²) in [5, 5.41) is 24.8. The fraction of sp³-hybridized carbons (Fsp3) is 0.304. The van der Waals surface area contributed by atoms with Crippen molar-refractivity contribution < 1.29 is 20.0 Å². The first kappa shape index (κ1) is 24.7. The SMILES string of the molecule is CSc1ccc(C(=O)C(CCCCCC(=NO)C(=O)c2ccc(SC)cc2)=NO)cc1. The molecule has 2 aromatic rings. The van der Waals surface area contributed by atoms with E-state index in [1.165, 1.54) is 0 Å². The monoisotopic (exact) mass is 458 g/mol. The number of nitrogens with zero attached hydrogens (tertiary/aromatic N) is 2.